The van der Waals surface area contributed by atoms with Gasteiger partial charge >= 0.3 is 5.97 Å². The van der Waals surface area contributed by atoms with E-state index >= 15 is 0 Å². The predicted octanol–water partition coefficient (Wildman–Crippen LogP) is 8.34. The van der Waals surface area contributed by atoms with Gasteiger partial charge in [0.15, 0.2) is 0 Å². The van der Waals surface area contributed by atoms with Gasteiger partial charge in [0.1, 0.15) is 18.4 Å². The molecule has 3 aromatic carbocycles. The van der Waals surface area contributed by atoms with Crippen LogP contribution in [-0.2, 0) is 27.3 Å². The van der Waals surface area contributed by atoms with E-state index in [0.717, 1.165) is 28.9 Å². The molecule has 1 aromatic heterocycles. The summed E-state index contributed by atoms with van der Waals surface area (Å²) in [6, 6.07) is 23.5. The van der Waals surface area contributed by atoms with Crippen LogP contribution in [0, 0.1) is 0 Å². The van der Waals surface area contributed by atoms with Crippen LogP contribution in [0.5, 0.6) is 5.75 Å². The van der Waals surface area contributed by atoms with E-state index in [1.807, 2.05) is 62.4 Å². The highest BCUT2D eigenvalue weighted by Crippen LogP contribution is 2.38. The van der Waals surface area contributed by atoms with Gasteiger partial charge in [0.25, 0.3) is 0 Å². The molecule has 4 aromatic rings. The maximum Gasteiger partial charge on any atom is 0.338 e. The highest BCUT2D eigenvalue weighted by Gasteiger charge is 2.35. The van der Waals surface area contributed by atoms with Crippen molar-refractivity contribution in [3.8, 4) is 5.75 Å². The number of fused-ring (bicyclic) bond motifs is 1. The molecule has 7 nitrogen and oxygen atoms in total. The van der Waals surface area contributed by atoms with Crippen molar-refractivity contribution in [1.29, 1.82) is 0 Å². The molecule has 0 saturated carbocycles. The lowest BCUT2D eigenvalue weighted by molar-refractivity contribution is -0.139. The summed E-state index contributed by atoms with van der Waals surface area (Å²) < 4.78 is 13.5. The lowest BCUT2D eigenvalue weighted by Crippen LogP contribution is -2.29. The summed E-state index contributed by atoms with van der Waals surface area (Å²) in [6.45, 7) is 11.3. The number of carbonyl (C=O) groups excluding carboxylic acids is 1. The lowest BCUT2D eigenvalue weighted by Gasteiger charge is -2.28. The smallest absolute Gasteiger partial charge is 0.338 e. The number of esters is 1. The fraction of sp³-hybridized carbons (Fsp3) is 0.324. The van der Waals surface area contributed by atoms with E-state index in [9.17, 15) is 4.79 Å². The molecule has 0 spiro atoms. The molecular formula is C34H37ClN4O3S. The molecule has 1 atom stereocenters. The van der Waals surface area contributed by atoms with Gasteiger partial charge in [-0.2, -0.15) is 4.98 Å². The van der Waals surface area contributed by atoms with Crippen LogP contribution in [0.15, 0.2) is 89.2 Å². The summed E-state index contributed by atoms with van der Waals surface area (Å²) in [4.78, 5) is 18.0. The van der Waals surface area contributed by atoms with Gasteiger partial charge in [0.2, 0.25) is 11.1 Å². The Morgan fingerprint density at radius 3 is 2.44 bits per heavy atom. The van der Waals surface area contributed by atoms with Gasteiger partial charge in [-0.15, -0.1) is 5.10 Å². The van der Waals surface area contributed by atoms with E-state index in [1.165, 1.54) is 17.3 Å². The molecule has 5 rings (SSSR count). The average Bonchev–Trinajstić information content (AvgIpc) is 3.40. The molecule has 224 valence electrons. The van der Waals surface area contributed by atoms with Crippen LogP contribution in [0.4, 0.5) is 5.95 Å². The third-order valence-corrected chi connectivity index (χ3v) is 8.48. The Hall–Kier alpha value is -3.75. The van der Waals surface area contributed by atoms with Gasteiger partial charge in [0.05, 0.1) is 12.2 Å². The second-order valence-electron chi connectivity index (χ2n) is 11.5. The zero-order valence-electron chi connectivity index (χ0n) is 25.2. The molecule has 1 aliphatic heterocycles. The third-order valence-electron chi connectivity index (χ3n) is 7.23. The largest absolute Gasteiger partial charge is 0.489 e. The minimum atomic E-state index is -0.512. The number of rotatable bonds is 10. The first-order chi connectivity index (χ1) is 20.6. The molecule has 43 heavy (non-hydrogen) atoms. The minimum Gasteiger partial charge on any atom is -0.489 e. The predicted molar refractivity (Wildman–Crippen MR) is 173 cm³/mol. The second-order valence-corrected chi connectivity index (χ2v) is 12.9. The Labute approximate surface area is 262 Å². The minimum absolute atomic E-state index is 0.109. The van der Waals surface area contributed by atoms with Crippen LogP contribution >= 0.6 is 23.4 Å². The highest BCUT2D eigenvalue weighted by molar-refractivity contribution is 7.98. The van der Waals surface area contributed by atoms with E-state index in [4.69, 9.17) is 31.2 Å². The Kier molecular flexibility index (Phi) is 9.47. The van der Waals surface area contributed by atoms with Crippen LogP contribution in [0.2, 0.25) is 5.02 Å². The number of nitrogens with one attached hydrogen (secondary N) is 1. The molecular weight excluding hydrogens is 580 g/mol. The van der Waals surface area contributed by atoms with Crippen LogP contribution in [0.1, 0.15) is 69.3 Å². The van der Waals surface area contributed by atoms with Gasteiger partial charge in [0, 0.05) is 16.5 Å². The zero-order chi connectivity index (χ0) is 30.6. The Bertz CT molecular complexity index is 1610. The maximum atomic E-state index is 13.3. The van der Waals surface area contributed by atoms with Crippen molar-refractivity contribution in [2.24, 2.45) is 0 Å². The molecule has 0 fully saturated rings. The van der Waals surface area contributed by atoms with Crippen molar-refractivity contribution in [1.82, 2.24) is 14.8 Å². The van der Waals surface area contributed by atoms with E-state index in [1.54, 1.807) is 4.68 Å². The number of ether oxygens (including phenoxy) is 2. The van der Waals surface area contributed by atoms with Crippen LogP contribution in [-0.4, -0.2) is 27.3 Å². The fourth-order valence-electron chi connectivity index (χ4n) is 4.81. The van der Waals surface area contributed by atoms with Crippen molar-refractivity contribution in [3.05, 3.63) is 111 Å². The van der Waals surface area contributed by atoms with E-state index in [2.05, 4.69) is 50.4 Å². The quantitative estimate of drug-likeness (QED) is 0.142. The van der Waals surface area contributed by atoms with Gasteiger partial charge in [-0.3, -0.25) is 0 Å². The van der Waals surface area contributed by atoms with Crippen LogP contribution in [0.25, 0.3) is 0 Å². The Morgan fingerprint density at radius 1 is 1.05 bits per heavy atom. The Morgan fingerprint density at radius 2 is 1.77 bits per heavy atom. The lowest BCUT2D eigenvalue weighted by atomic mass is 9.87. The third kappa shape index (κ3) is 7.25. The molecule has 0 amide bonds. The number of thioether (sulfide) groups is 1. The van der Waals surface area contributed by atoms with Crippen molar-refractivity contribution < 1.29 is 14.3 Å². The summed E-state index contributed by atoms with van der Waals surface area (Å²) in [5.74, 6) is 1.55. The molecule has 0 saturated heterocycles. The molecule has 9 heteroatoms. The molecule has 2 heterocycles. The summed E-state index contributed by atoms with van der Waals surface area (Å²) in [5, 5.41) is 9.37. The average molecular weight is 617 g/mol. The number of carbonyl (C=O) groups is 1. The molecule has 1 aliphatic rings. The van der Waals surface area contributed by atoms with E-state index in [-0.39, 0.29) is 11.4 Å². The molecule has 0 aliphatic carbocycles. The number of allylic oxidation sites excluding steroid dienone is 1. The van der Waals surface area contributed by atoms with Crippen molar-refractivity contribution in [2.75, 3.05) is 11.9 Å². The summed E-state index contributed by atoms with van der Waals surface area (Å²) in [5.41, 5.74) is 5.57. The number of aromatic nitrogens is 3. The monoisotopic (exact) mass is 616 g/mol. The maximum absolute atomic E-state index is 13.3. The van der Waals surface area contributed by atoms with Gasteiger partial charge in [-0.1, -0.05) is 106 Å². The van der Waals surface area contributed by atoms with Gasteiger partial charge in [-0.05, 0) is 59.2 Å². The highest BCUT2D eigenvalue weighted by atomic mass is 35.5. The number of halogens is 1. The summed E-state index contributed by atoms with van der Waals surface area (Å²) >= 11 is 7.85. The van der Waals surface area contributed by atoms with E-state index in [0.29, 0.717) is 46.4 Å². The number of hydrogen-bond acceptors (Lipinski definition) is 7. The zero-order valence-corrected chi connectivity index (χ0v) is 26.8. The standard InChI is InChI=1S/C34H37ClN4O3S/c1-6-19-41-31(40)29-22(2)36-32-37-33(43-21-25-9-7-8-10-28(25)35)38-39(32)30(29)24-13-17-27(18-14-24)42-20-23-11-15-26(16-12-23)34(3,4)5/h7-18,30H,6,19-21H2,1-5H3,(H,36,37,38). The summed E-state index contributed by atoms with van der Waals surface area (Å²) in [7, 11) is 0. The van der Waals surface area contributed by atoms with Crippen molar-refractivity contribution in [3.63, 3.8) is 0 Å². The number of benzene rings is 3. The molecule has 1 N–H and O–H groups in total. The van der Waals surface area contributed by atoms with Crippen LogP contribution < -0.4 is 10.1 Å². The number of nitrogens with zero attached hydrogens (tertiary/aromatic N) is 3. The Balaban J connectivity index is 1.38. The molecule has 1 unspecified atom stereocenters. The topological polar surface area (TPSA) is 78.3 Å². The summed E-state index contributed by atoms with van der Waals surface area (Å²) in [6.07, 6.45) is 0.735. The van der Waals surface area contributed by atoms with Crippen molar-refractivity contribution in [2.45, 2.75) is 70.0 Å². The first-order valence-corrected chi connectivity index (χ1v) is 15.8. The number of hydrogen-bond donors (Lipinski definition) is 1. The SMILES string of the molecule is CCCOC(=O)C1=C(C)Nc2nc(SCc3ccccc3Cl)nn2C1c1ccc(OCc2ccc(C(C)(C)C)cc2)cc1. The molecule has 0 bridgehead atoms. The van der Waals surface area contributed by atoms with Crippen LogP contribution in [0.3, 0.4) is 0 Å². The fourth-order valence-corrected chi connectivity index (χ4v) is 5.92. The molecule has 0 radical (unpaired) electrons. The first-order valence-electron chi connectivity index (χ1n) is 14.4. The first kappa shape index (κ1) is 30.7. The van der Waals surface area contributed by atoms with E-state index < -0.39 is 6.04 Å². The van der Waals surface area contributed by atoms with Gasteiger partial charge < -0.3 is 14.8 Å². The number of anilines is 1. The van der Waals surface area contributed by atoms with Crippen molar-refractivity contribution >= 4 is 35.3 Å². The van der Waals surface area contributed by atoms with Gasteiger partial charge in [-0.25, -0.2) is 9.48 Å². The normalized spacial score (nSPS) is 14.7. The second kappa shape index (κ2) is 13.3.